The highest BCUT2D eigenvalue weighted by molar-refractivity contribution is 7.58. The fourth-order valence-corrected chi connectivity index (χ4v) is 17.2. The van der Waals surface area contributed by atoms with Crippen LogP contribution in [-0.4, -0.2) is 30.3 Å². The topological polar surface area (TPSA) is 44.8 Å². The summed E-state index contributed by atoms with van der Waals surface area (Å²) < 4.78 is 35.0. The zero-order chi connectivity index (χ0) is 20.5. The molecule has 0 radical (unpaired) electrons. The van der Waals surface area contributed by atoms with E-state index in [1.807, 2.05) is 0 Å². The molecule has 8 heteroatoms. The van der Waals surface area contributed by atoms with Gasteiger partial charge in [-0.2, -0.15) is 0 Å². The van der Waals surface area contributed by atoms with Crippen LogP contribution in [-0.2, 0) is 17.4 Å². The van der Waals surface area contributed by atoms with Crippen LogP contribution in [0.15, 0.2) is 0 Å². The van der Waals surface area contributed by atoms with Gasteiger partial charge in [0.15, 0.2) is 30.3 Å². The van der Waals surface area contributed by atoms with Crippen molar-refractivity contribution in [2.24, 2.45) is 23.7 Å². The minimum absolute atomic E-state index is 0.332. The smallest absolute Gasteiger partial charge is 0.342 e. The number of hydrogen-bond acceptors (Lipinski definition) is 4. The van der Waals surface area contributed by atoms with Gasteiger partial charge in [-0.05, 0) is 115 Å². The van der Waals surface area contributed by atoms with Gasteiger partial charge in [0.2, 0.25) is 0 Å². The van der Waals surface area contributed by atoms with Crippen molar-refractivity contribution >= 4 is 32.5 Å². The maximum Gasteiger partial charge on any atom is 0.342 e. The summed E-state index contributed by atoms with van der Waals surface area (Å²) in [5.41, 5.74) is 0. The van der Waals surface area contributed by atoms with Crippen LogP contribution in [0.3, 0.4) is 0 Å². The van der Waals surface area contributed by atoms with Crippen LogP contribution < -0.4 is 0 Å². The molecular weight excluding hydrogens is 407 g/mol. The second-order valence-corrected chi connectivity index (χ2v) is 28.2. The van der Waals surface area contributed by atoms with Crippen LogP contribution in [0.1, 0.15) is 32.1 Å². The Morgan fingerprint density at radius 1 is 0.667 bits per heavy atom. The van der Waals surface area contributed by atoms with Crippen LogP contribution in [0.5, 0.6) is 0 Å². The average Bonchev–Trinajstić information content (AvgIpc) is 2.36. The highest BCUT2D eigenvalue weighted by Crippen LogP contribution is 2.76. The van der Waals surface area contributed by atoms with E-state index in [1.54, 1.807) is 0 Å². The molecule has 4 saturated carbocycles. The fourth-order valence-electron chi connectivity index (χ4n) is 5.90. The van der Waals surface area contributed by atoms with E-state index in [9.17, 15) is 4.57 Å². The van der Waals surface area contributed by atoms with Gasteiger partial charge in [-0.3, -0.25) is 4.57 Å². The van der Waals surface area contributed by atoms with Crippen LogP contribution in [0.25, 0.3) is 0 Å². The van der Waals surface area contributed by atoms with Gasteiger partial charge < -0.3 is 12.9 Å². The summed E-state index contributed by atoms with van der Waals surface area (Å²) in [6, 6.07) is 0. The van der Waals surface area contributed by atoms with Crippen molar-refractivity contribution in [2.75, 3.05) is 0 Å². The summed E-state index contributed by atoms with van der Waals surface area (Å²) in [6.07, 6.45) is 5.94. The lowest BCUT2D eigenvalue weighted by Gasteiger charge is -2.63. The molecule has 4 fully saturated rings. The first-order valence-corrected chi connectivity index (χ1v) is 22.5. The Hall–Kier alpha value is 0.761. The van der Waals surface area contributed by atoms with Gasteiger partial charge >= 0.3 is 7.60 Å². The summed E-state index contributed by atoms with van der Waals surface area (Å²) in [5, 5.41) is -0.703. The van der Waals surface area contributed by atoms with E-state index < -0.39 is 37.9 Å². The van der Waals surface area contributed by atoms with Crippen molar-refractivity contribution in [3.8, 4) is 0 Å². The van der Waals surface area contributed by atoms with Gasteiger partial charge in [-0.1, -0.05) is 0 Å². The van der Waals surface area contributed by atoms with Crippen molar-refractivity contribution < 1.29 is 17.4 Å². The van der Waals surface area contributed by atoms with E-state index in [1.165, 1.54) is 6.42 Å². The molecule has 0 N–H and O–H groups in total. The molecule has 0 aliphatic heterocycles. The lowest BCUT2D eigenvalue weighted by Crippen LogP contribution is -2.62. The minimum Gasteiger partial charge on any atom is -0.401 e. The van der Waals surface area contributed by atoms with Crippen molar-refractivity contribution in [3.05, 3.63) is 0 Å². The molecule has 4 rings (SSSR count). The van der Waals surface area contributed by atoms with E-state index >= 15 is 0 Å². The first-order valence-electron chi connectivity index (χ1n) is 10.7. The predicted octanol–water partition coefficient (Wildman–Crippen LogP) is 6.89. The Bertz CT molecular complexity index is 570. The van der Waals surface area contributed by atoms with Gasteiger partial charge in [0.05, 0.1) is 0 Å². The van der Waals surface area contributed by atoms with Crippen molar-refractivity contribution in [1.82, 2.24) is 0 Å². The monoisotopic (exact) mass is 448 g/mol. The first kappa shape index (κ1) is 22.4. The van der Waals surface area contributed by atoms with Crippen LogP contribution in [0.4, 0.5) is 0 Å². The molecule has 27 heavy (non-hydrogen) atoms. The van der Waals surface area contributed by atoms with Crippen LogP contribution in [0.2, 0.25) is 58.9 Å². The number of hydrogen-bond donors (Lipinski definition) is 0. The Labute approximate surface area is 170 Å². The predicted molar refractivity (Wildman–Crippen MR) is 121 cm³/mol. The van der Waals surface area contributed by atoms with E-state index in [4.69, 9.17) is 12.9 Å². The molecule has 0 aromatic rings. The Morgan fingerprint density at radius 2 is 1.04 bits per heavy atom. The molecule has 4 nitrogen and oxygen atoms in total. The molecule has 0 unspecified atom stereocenters. The van der Waals surface area contributed by atoms with E-state index in [0.717, 1.165) is 37.5 Å². The maximum absolute atomic E-state index is 14.9. The van der Waals surface area contributed by atoms with Gasteiger partial charge in [0.1, 0.15) is 0 Å². The van der Waals surface area contributed by atoms with Crippen LogP contribution in [0, 0.1) is 23.7 Å². The lowest BCUT2D eigenvalue weighted by molar-refractivity contribution is -0.121. The molecule has 0 amide bonds. The second kappa shape index (κ2) is 6.89. The van der Waals surface area contributed by atoms with Crippen LogP contribution >= 0.6 is 7.60 Å². The maximum atomic E-state index is 14.9. The molecule has 4 bridgehead atoms. The molecule has 0 saturated heterocycles. The molecule has 0 spiro atoms. The largest absolute Gasteiger partial charge is 0.401 e. The summed E-state index contributed by atoms with van der Waals surface area (Å²) >= 11 is 0. The van der Waals surface area contributed by atoms with Crippen molar-refractivity contribution in [3.63, 3.8) is 0 Å². The van der Waals surface area contributed by atoms with Gasteiger partial charge in [0, 0.05) is 0 Å². The Morgan fingerprint density at radius 3 is 1.33 bits per heavy atom. The zero-order valence-electron chi connectivity index (χ0n) is 18.9. The molecule has 0 aromatic carbocycles. The second-order valence-electron chi connectivity index (χ2n) is 12.2. The molecule has 158 valence electrons. The third-order valence-corrected chi connectivity index (χ3v) is 15.1. The van der Waals surface area contributed by atoms with E-state index in [2.05, 4.69) is 58.9 Å². The SMILES string of the molecule is C[Si](C)(C)OC1(P(=O)(O[Si](C)(C)C)O[Si](C)(C)C)C2CC3CC(C2)CC1C3. The highest BCUT2D eigenvalue weighted by atomic mass is 31.2. The summed E-state index contributed by atoms with van der Waals surface area (Å²) in [7, 11) is -9.53. The third kappa shape index (κ3) is 4.59. The van der Waals surface area contributed by atoms with Crippen molar-refractivity contribution in [1.29, 1.82) is 0 Å². The standard InChI is InChI=1S/C19H41O4PSi3/c1-25(2,3)21-19(17-11-15-10-16(13-17)14-18(19)12-15)24(20,22-26(4,5)6)23-27(7,8)9/h15-18H,10-14H2,1-9H3. The third-order valence-electron chi connectivity index (χ3n) is 5.99. The Balaban J connectivity index is 2.13. The Kier molecular flexibility index (Phi) is 5.73. The van der Waals surface area contributed by atoms with Gasteiger partial charge in [0.25, 0.3) is 0 Å². The quantitative estimate of drug-likeness (QED) is 0.314. The average molecular weight is 449 g/mol. The van der Waals surface area contributed by atoms with E-state index in [0.29, 0.717) is 11.8 Å². The summed E-state index contributed by atoms with van der Waals surface area (Å²) in [4.78, 5) is 0. The lowest BCUT2D eigenvalue weighted by atomic mass is 9.54. The van der Waals surface area contributed by atoms with Gasteiger partial charge in [-0.25, -0.2) is 0 Å². The van der Waals surface area contributed by atoms with Gasteiger partial charge in [-0.15, -0.1) is 0 Å². The zero-order valence-corrected chi connectivity index (χ0v) is 22.8. The summed E-state index contributed by atoms with van der Waals surface area (Å²) in [6.45, 7) is 19.5. The molecule has 0 heterocycles. The van der Waals surface area contributed by atoms with E-state index in [-0.39, 0.29) is 0 Å². The molecular formula is C19H41O4PSi3. The molecule has 4 aliphatic carbocycles. The molecule has 0 atom stereocenters. The summed E-state index contributed by atoms with van der Waals surface area (Å²) in [5.74, 6) is 2.24. The molecule has 0 aromatic heterocycles. The first-order chi connectivity index (χ1) is 12.0. The molecule has 4 aliphatic rings. The fraction of sp³-hybridized carbons (Fsp3) is 1.00. The minimum atomic E-state index is -3.41. The number of rotatable bonds is 7. The van der Waals surface area contributed by atoms with Crippen molar-refractivity contribution in [2.45, 2.75) is 96.4 Å². The highest BCUT2D eigenvalue weighted by Gasteiger charge is 2.69. The normalized spacial score (nSPS) is 37.1.